The molecule has 1 heterocycles. The summed E-state index contributed by atoms with van der Waals surface area (Å²) in [5.74, 6) is 0.0704. The fourth-order valence-corrected chi connectivity index (χ4v) is 1.30. The van der Waals surface area contributed by atoms with Crippen LogP contribution in [0.5, 0.6) is 0 Å². The van der Waals surface area contributed by atoms with Gasteiger partial charge in [-0.1, -0.05) is 13.8 Å². The van der Waals surface area contributed by atoms with Crippen LogP contribution >= 0.6 is 0 Å². The molecule has 1 aromatic rings. The SMILES string of the molecule is CC(C)NCCNC(=O)CCn1cccn1. The Morgan fingerprint density at radius 2 is 2.25 bits per heavy atom. The van der Waals surface area contributed by atoms with Crippen LogP contribution in [0.2, 0.25) is 0 Å². The van der Waals surface area contributed by atoms with Gasteiger partial charge in [0.15, 0.2) is 0 Å². The number of nitrogens with zero attached hydrogens (tertiary/aromatic N) is 2. The molecule has 2 N–H and O–H groups in total. The Labute approximate surface area is 96.2 Å². The van der Waals surface area contributed by atoms with Crippen LogP contribution in [-0.4, -0.2) is 34.8 Å². The van der Waals surface area contributed by atoms with Crippen LogP contribution in [0.1, 0.15) is 20.3 Å². The van der Waals surface area contributed by atoms with E-state index in [0.29, 0.717) is 25.6 Å². The summed E-state index contributed by atoms with van der Waals surface area (Å²) in [5, 5.41) is 10.1. The van der Waals surface area contributed by atoms with E-state index in [1.165, 1.54) is 0 Å². The van der Waals surface area contributed by atoms with Crippen LogP contribution in [0.3, 0.4) is 0 Å². The molecule has 16 heavy (non-hydrogen) atoms. The second kappa shape index (κ2) is 7.00. The highest BCUT2D eigenvalue weighted by Gasteiger charge is 2.01. The minimum Gasteiger partial charge on any atom is -0.355 e. The predicted octanol–water partition coefficient (Wildman–Crippen LogP) is 0.387. The zero-order valence-electron chi connectivity index (χ0n) is 9.94. The molecule has 0 saturated carbocycles. The summed E-state index contributed by atoms with van der Waals surface area (Å²) < 4.78 is 1.76. The van der Waals surface area contributed by atoms with Gasteiger partial charge in [0.25, 0.3) is 0 Å². The molecule has 0 spiro atoms. The summed E-state index contributed by atoms with van der Waals surface area (Å²) in [7, 11) is 0. The number of hydrogen-bond acceptors (Lipinski definition) is 3. The fourth-order valence-electron chi connectivity index (χ4n) is 1.30. The Hall–Kier alpha value is -1.36. The molecule has 0 aliphatic rings. The summed E-state index contributed by atoms with van der Waals surface area (Å²) in [6.45, 7) is 6.29. The quantitative estimate of drug-likeness (QED) is 0.659. The molecule has 0 saturated heterocycles. The molecular weight excluding hydrogens is 204 g/mol. The van der Waals surface area contributed by atoms with E-state index >= 15 is 0 Å². The number of rotatable bonds is 7. The van der Waals surface area contributed by atoms with Gasteiger partial charge in [0, 0.05) is 44.5 Å². The van der Waals surface area contributed by atoms with E-state index in [-0.39, 0.29) is 5.91 Å². The highest BCUT2D eigenvalue weighted by atomic mass is 16.1. The van der Waals surface area contributed by atoms with E-state index in [2.05, 4.69) is 29.6 Å². The summed E-state index contributed by atoms with van der Waals surface area (Å²) in [6, 6.07) is 2.31. The first-order chi connectivity index (χ1) is 7.68. The summed E-state index contributed by atoms with van der Waals surface area (Å²) >= 11 is 0. The van der Waals surface area contributed by atoms with Crippen molar-refractivity contribution in [2.45, 2.75) is 32.9 Å². The van der Waals surface area contributed by atoms with Gasteiger partial charge in [-0.2, -0.15) is 5.10 Å². The molecule has 0 unspecified atom stereocenters. The van der Waals surface area contributed by atoms with Crippen LogP contribution in [0, 0.1) is 0 Å². The standard InChI is InChI=1S/C11H20N4O/c1-10(2)12-6-7-13-11(16)4-9-15-8-3-5-14-15/h3,5,8,10,12H,4,6-7,9H2,1-2H3,(H,13,16). The van der Waals surface area contributed by atoms with Crippen molar-refractivity contribution >= 4 is 5.91 Å². The maximum absolute atomic E-state index is 11.4. The summed E-state index contributed by atoms with van der Waals surface area (Å²) in [5.41, 5.74) is 0. The summed E-state index contributed by atoms with van der Waals surface area (Å²) in [4.78, 5) is 11.4. The average molecular weight is 224 g/mol. The number of aromatic nitrogens is 2. The molecule has 5 nitrogen and oxygen atoms in total. The third-order valence-corrected chi connectivity index (χ3v) is 2.13. The minimum absolute atomic E-state index is 0.0704. The summed E-state index contributed by atoms with van der Waals surface area (Å²) in [6.07, 6.45) is 4.04. The molecule has 1 amide bonds. The fraction of sp³-hybridized carbons (Fsp3) is 0.636. The number of nitrogens with one attached hydrogen (secondary N) is 2. The van der Waals surface area contributed by atoms with Gasteiger partial charge in [-0.25, -0.2) is 0 Å². The van der Waals surface area contributed by atoms with E-state index in [9.17, 15) is 4.79 Å². The van der Waals surface area contributed by atoms with Gasteiger partial charge >= 0.3 is 0 Å². The molecule has 1 aromatic heterocycles. The maximum Gasteiger partial charge on any atom is 0.221 e. The molecule has 0 aliphatic carbocycles. The van der Waals surface area contributed by atoms with E-state index in [4.69, 9.17) is 0 Å². The van der Waals surface area contributed by atoms with E-state index in [1.54, 1.807) is 10.9 Å². The lowest BCUT2D eigenvalue weighted by atomic mass is 10.3. The Morgan fingerprint density at radius 1 is 1.44 bits per heavy atom. The second-order valence-electron chi connectivity index (χ2n) is 3.98. The van der Waals surface area contributed by atoms with Gasteiger partial charge in [-0.15, -0.1) is 0 Å². The monoisotopic (exact) mass is 224 g/mol. The normalized spacial score (nSPS) is 10.7. The first kappa shape index (κ1) is 12.7. The molecule has 0 fully saturated rings. The third-order valence-electron chi connectivity index (χ3n) is 2.13. The lowest BCUT2D eigenvalue weighted by Crippen LogP contribution is -2.34. The number of hydrogen-bond donors (Lipinski definition) is 2. The van der Waals surface area contributed by atoms with Crippen molar-refractivity contribution in [1.29, 1.82) is 0 Å². The van der Waals surface area contributed by atoms with Crippen LogP contribution in [-0.2, 0) is 11.3 Å². The van der Waals surface area contributed by atoms with Gasteiger partial charge in [0.1, 0.15) is 0 Å². The number of carbonyl (C=O) groups excluding carboxylic acids is 1. The van der Waals surface area contributed by atoms with Crippen molar-refractivity contribution in [1.82, 2.24) is 20.4 Å². The van der Waals surface area contributed by atoms with Crippen molar-refractivity contribution in [2.75, 3.05) is 13.1 Å². The molecule has 0 radical (unpaired) electrons. The van der Waals surface area contributed by atoms with Crippen molar-refractivity contribution in [3.8, 4) is 0 Å². The second-order valence-corrected chi connectivity index (χ2v) is 3.98. The van der Waals surface area contributed by atoms with E-state index in [1.807, 2.05) is 12.3 Å². The van der Waals surface area contributed by atoms with Crippen molar-refractivity contribution in [3.63, 3.8) is 0 Å². The Bertz CT molecular complexity index is 295. The molecule has 0 bridgehead atoms. The van der Waals surface area contributed by atoms with Crippen LogP contribution in [0.15, 0.2) is 18.5 Å². The number of amides is 1. The Kier molecular flexibility index (Phi) is 5.56. The Morgan fingerprint density at radius 3 is 2.88 bits per heavy atom. The van der Waals surface area contributed by atoms with Gasteiger partial charge in [-0.05, 0) is 6.07 Å². The largest absolute Gasteiger partial charge is 0.355 e. The highest BCUT2D eigenvalue weighted by molar-refractivity contribution is 5.75. The molecule has 0 aliphatic heterocycles. The highest BCUT2D eigenvalue weighted by Crippen LogP contribution is 1.88. The lowest BCUT2D eigenvalue weighted by Gasteiger charge is -2.09. The van der Waals surface area contributed by atoms with E-state index < -0.39 is 0 Å². The smallest absolute Gasteiger partial charge is 0.221 e. The van der Waals surface area contributed by atoms with Crippen LogP contribution < -0.4 is 10.6 Å². The van der Waals surface area contributed by atoms with Gasteiger partial charge in [0.2, 0.25) is 5.91 Å². The van der Waals surface area contributed by atoms with Gasteiger partial charge in [-0.3, -0.25) is 9.48 Å². The number of carbonyl (C=O) groups is 1. The first-order valence-electron chi connectivity index (χ1n) is 5.66. The molecule has 0 aromatic carbocycles. The molecule has 1 rings (SSSR count). The lowest BCUT2D eigenvalue weighted by molar-refractivity contribution is -0.121. The van der Waals surface area contributed by atoms with Gasteiger partial charge in [0.05, 0.1) is 0 Å². The zero-order valence-corrected chi connectivity index (χ0v) is 9.94. The average Bonchev–Trinajstić information content (AvgIpc) is 2.74. The zero-order chi connectivity index (χ0) is 11.8. The van der Waals surface area contributed by atoms with Crippen molar-refractivity contribution in [3.05, 3.63) is 18.5 Å². The van der Waals surface area contributed by atoms with Crippen LogP contribution in [0.25, 0.3) is 0 Å². The minimum atomic E-state index is 0.0704. The first-order valence-corrected chi connectivity index (χ1v) is 5.66. The predicted molar refractivity (Wildman–Crippen MR) is 63.0 cm³/mol. The molecule has 5 heteroatoms. The molecule has 90 valence electrons. The number of aryl methyl sites for hydroxylation is 1. The topological polar surface area (TPSA) is 58.9 Å². The molecular formula is C11H20N4O. The Balaban J connectivity index is 2.03. The molecule has 0 atom stereocenters. The maximum atomic E-state index is 11.4. The van der Waals surface area contributed by atoms with Crippen molar-refractivity contribution < 1.29 is 4.79 Å². The third kappa shape index (κ3) is 5.50. The van der Waals surface area contributed by atoms with Crippen molar-refractivity contribution in [2.24, 2.45) is 0 Å². The van der Waals surface area contributed by atoms with Crippen LogP contribution in [0.4, 0.5) is 0 Å². The van der Waals surface area contributed by atoms with Gasteiger partial charge < -0.3 is 10.6 Å². The van der Waals surface area contributed by atoms with E-state index in [0.717, 1.165) is 6.54 Å².